The van der Waals surface area contributed by atoms with Crippen LogP contribution < -0.4 is 0 Å². The highest BCUT2D eigenvalue weighted by Crippen LogP contribution is 2.36. The summed E-state index contributed by atoms with van der Waals surface area (Å²) in [5, 5.41) is 9.26. The normalized spacial score (nSPS) is 18.8. The Bertz CT molecular complexity index is 423. The summed E-state index contributed by atoms with van der Waals surface area (Å²) >= 11 is 1.54. The first kappa shape index (κ1) is 14.4. The van der Waals surface area contributed by atoms with Gasteiger partial charge >= 0.3 is 5.97 Å². The summed E-state index contributed by atoms with van der Waals surface area (Å²) in [6.45, 7) is 2.05. The van der Waals surface area contributed by atoms with Crippen LogP contribution in [0.2, 0.25) is 0 Å². The molecule has 0 aromatic heterocycles. The summed E-state index contributed by atoms with van der Waals surface area (Å²) < 4.78 is 0. The summed E-state index contributed by atoms with van der Waals surface area (Å²) in [5.74, 6) is -0.329. The molecule has 0 amide bonds. The first-order valence-electron chi connectivity index (χ1n) is 7.13. The molecule has 1 aliphatic carbocycles. The maximum Gasteiger partial charge on any atom is 0.317 e. The number of aliphatic carboxylic acids is 1. The first-order valence-corrected chi connectivity index (χ1v) is 8.01. The molecule has 0 bridgehead atoms. The minimum absolute atomic E-state index is 0.292. The molecule has 3 heteroatoms. The minimum atomic E-state index is -0.653. The second kappa shape index (κ2) is 6.99. The van der Waals surface area contributed by atoms with Gasteiger partial charge in [-0.1, -0.05) is 43.9 Å². The lowest BCUT2D eigenvalue weighted by molar-refractivity contribution is -0.137. The van der Waals surface area contributed by atoms with Crippen molar-refractivity contribution in [2.45, 2.75) is 55.6 Å². The molecule has 1 aromatic carbocycles. The molecule has 0 saturated heterocycles. The summed E-state index contributed by atoms with van der Waals surface area (Å²) in [6.07, 6.45) is 7.02. The molecular formula is C16H22O2S. The lowest BCUT2D eigenvalue weighted by atomic mass is 9.96. The third-order valence-corrected chi connectivity index (χ3v) is 5.47. The molecule has 0 heterocycles. The van der Waals surface area contributed by atoms with Gasteiger partial charge in [-0.15, -0.1) is 11.8 Å². The summed E-state index contributed by atoms with van der Waals surface area (Å²) in [6, 6.07) is 8.07. The molecule has 0 radical (unpaired) electrons. The SMILES string of the molecule is Cc1ccccc1SC(C(=O)O)C1CCCCCC1. The second-order valence-corrected chi connectivity index (χ2v) is 6.58. The van der Waals surface area contributed by atoms with Crippen LogP contribution in [0, 0.1) is 12.8 Å². The predicted octanol–water partition coefficient (Wildman–Crippen LogP) is 4.51. The van der Waals surface area contributed by atoms with Crippen molar-refractivity contribution in [1.82, 2.24) is 0 Å². The third kappa shape index (κ3) is 4.00. The lowest BCUT2D eigenvalue weighted by Crippen LogP contribution is -2.26. The number of rotatable bonds is 4. The highest BCUT2D eigenvalue weighted by molar-refractivity contribution is 8.00. The van der Waals surface area contributed by atoms with Crippen molar-refractivity contribution in [3.63, 3.8) is 0 Å². The van der Waals surface area contributed by atoms with Gasteiger partial charge in [-0.3, -0.25) is 4.79 Å². The molecule has 1 atom stereocenters. The monoisotopic (exact) mass is 278 g/mol. The zero-order chi connectivity index (χ0) is 13.7. The number of carbonyl (C=O) groups is 1. The number of carboxylic acids is 1. The van der Waals surface area contributed by atoms with Crippen LogP contribution in [0.15, 0.2) is 29.2 Å². The van der Waals surface area contributed by atoms with Gasteiger partial charge in [0.15, 0.2) is 0 Å². The zero-order valence-corrected chi connectivity index (χ0v) is 12.3. The van der Waals surface area contributed by atoms with Crippen molar-refractivity contribution in [1.29, 1.82) is 0 Å². The Morgan fingerprint density at radius 1 is 1.21 bits per heavy atom. The first-order chi connectivity index (χ1) is 9.18. The molecule has 1 aliphatic rings. The van der Waals surface area contributed by atoms with Crippen LogP contribution in [0.1, 0.15) is 44.1 Å². The standard InChI is InChI=1S/C16H22O2S/c1-12-8-6-7-11-14(12)19-15(16(17)18)13-9-4-2-3-5-10-13/h6-8,11,13,15H,2-5,9-10H2,1H3,(H,17,18). The Morgan fingerprint density at radius 3 is 2.42 bits per heavy atom. The van der Waals surface area contributed by atoms with Gasteiger partial charge < -0.3 is 5.11 Å². The molecule has 19 heavy (non-hydrogen) atoms. The molecule has 1 N–H and O–H groups in total. The van der Waals surface area contributed by atoms with E-state index in [0.717, 1.165) is 17.7 Å². The molecule has 0 spiro atoms. The largest absolute Gasteiger partial charge is 0.480 e. The van der Waals surface area contributed by atoms with E-state index in [4.69, 9.17) is 0 Å². The second-order valence-electron chi connectivity index (χ2n) is 5.39. The topological polar surface area (TPSA) is 37.3 Å². The van der Waals surface area contributed by atoms with Crippen LogP contribution in [-0.4, -0.2) is 16.3 Å². The fourth-order valence-corrected chi connectivity index (χ4v) is 4.04. The van der Waals surface area contributed by atoms with Gasteiger partial charge in [0.25, 0.3) is 0 Å². The smallest absolute Gasteiger partial charge is 0.317 e. The maximum atomic E-state index is 11.6. The van der Waals surface area contributed by atoms with E-state index < -0.39 is 5.97 Å². The van der Waals surface area contributed by atoms with E-state index in [1.165, 1.54) is 43.0 Å². The van der Waals surface area contributed by atoms with Crippen molar-refractivity contribution < 1.29 is 9.90 Å². The average Bonchev–Trinajstić information content (AvgIpc) is 2.66. The van der Waals surface area contributed by atoms with Gasteiger partial charge in [0.2, 0.25) is 0 Å². The summed E-state index contributed by atoms with van der Waals surface area (Å²) in [5.41, 5.74) is 1.17. The van der Waals surface area contributed by atoms with Gasteiger partial charge in [-0.05, 0) is 37.3 Å². The van der Waals surface area contributed by atoms with Crippen LogP contribution in [0.25, 0.3) is 0 Å². The van der Waals surface area contributed by atoms with Gasteiger partial charge in [-0.25, -0.2) is 0 Å². The zero-order valence-electron chi connectivity index (χ0n) is 11.5. The van der Waals surface area contributed by atoms with E-state index >= 15 is 0 Å². The van der Waals surface area contributed by atoms with Crippen molar-refractivity contribution in [3.8, 4) is 0 Å². The Hall–Kier alpha value is -0.960. The van der Waals surface area contributed by atoms with Gasteiger partial charge in [-0.2, -0.15) is 0 Å². The summed E-state index contributed by atoms with van der Waals surface area (Å²) in [4.78, 5) is 12.7. The number of carboxylic acid groups (broad SMARTS) is 1. The van der Waals surface area contributed by atoms with Crippen LogP contribution >= 0.6 is 11.8 Å². The molecule has 1 unspecified atom stereocenters. The Balaban J connectivity index is 2.11. The Labute approximate surface area is 119 Å². The van der Waals surface area contributed by atoms with Crippen LogP contribution in [0.4, 0.5) is 0 Å². The molecule has 1 saturated carbocycles. The quantitative estimate of drug-likeness (QED) is 0.650. The van der Waals surface area contributed by atoms with E-state index in [1.807, 2.05) is 31.2 Å². The summed E-state index contributed by atoms with van der Waals surface area (Å²) in [7, 11) is 0. The van der Waals surface area contributed by atoms with Gasteiger partial charge in [0.05, 0.1) is 0 Å². The maximum absolute atomic E-state index is 11.6. The number of aryl methyl sites for hydroxylation is 1. The fraction of sp³-hybridized carbons (Fsp3) is 0.562. The highest BCUT2D eigenvalue weighted by Gasteiger charge is 2.29. The van der Waals surface area contributed by atoms with Gasteiger partial charge in [0.1, 0.15) is 5.25 Å². The molecule has 2 rings (SSSR count). The van der Waals surface area contributed by atoms with E-state index in [0.29, 0.717) is 5.92 Å². The van der Waals surface area contributed by atoms with Crippen LogP contribution in [0.3, 0.4) is 0 Å². The highest BCUT2D eigenvalue weighted by atomic mass is 32.2. The van der Waals surface area contributed by atoms with Gasteiger partial charge in [0, 0.05) is 4.90 Å². The van der Waals surface area contributed by atoms with Crippen LogP contribution in [-0.2, 0) is 4.79 Å². The minimum Gasteiger partial charge on any atom is -0.480 e. The lowest BCUT2D eigenvalue weighted by Gasteiger charge is -2.22. The molecule has 1 fully saturated rings. The fourth-order valence-electron chi connectivity index (χ4n) is 2.79. The van der Waals surface area contributed by atoms with Crippen molar-refractivity contribution in [3.05, 3.63) is 29.8 Å². The van der Waals surface area contributed by atoms with E-state index in [9.17, 15) is 9.90 Å². The molecule has 0 aliphatic heterocycles. The molecule has 2 nitrogen and oxygen atoms in total. The molecular weight excluding hydrogens is 256 g/mol. The number of thioether (sulfide) groups is 1. The average molecular weight is 278 g/mol. The molecule has 104 valence electrons. The number of hydrogen-bond donors (Lipinski definition) is 1. The van der Waals surface area contributed by atoms with Crippen LogP contribution in [0.5, 0.6) is 0 Å². The van der Waals surface area contributed by atoms with Crippen molar-refractivity contribution >= 4 is 17.7 Å². The Morgan fingerprint density at radius 2 is 1.84 bits per heavy atom. The van der Waals surface area contributed by atoms with E-state index in [1.54, 1.807) is 0 Å². The van der Waals surface area contributed by atoms with E-state index in [-0.39, 0.29) is 5.25 Å². The predicted molar refractivity (Wildman–Crippen MR) is 79.7 cm³/mol. The molecule has 1 aromatic rings. The number of benzene rings is 1. The van der Waals surface area contributed by atoms with Crippen molar-refractivity contribution in [2.75, 3.05) is 0 Å². The Kier molecular flexibility index (Phi) is 5.32. The van der Waals surface area contributed by atoms with E-state index in [2.05, 4.69) is 0 Å². The van der Waals surface area contributed by atoms with Crippen molar-refractivity contribution in [2.24, 2.45) is 5.92 Å². The third-order valence-electron chi connectivity index (χ3n) is 3.92. The number of hydrogen-bond acceptors (Lipinski definition) is 2.